The minimum Gasteiger partial charge on any atom is -0.497 e. The summed E-state index contributed by atoms with van der Waals surface area (Å²) in [5, 5.41) is 3.02. The lowest BCUT2D eigenvalue weighted by molar-refractivity contribution is -0.125. The molecule has 2 rings (SSSR count). The van der Waals surface area contributed by atoms with Crippen molar-refractivity contribution in [2.24, 2.45) is 0 Å². The van der Waals surface area contributed by atoms with Crippen LogP contribution in [0.2, 0.25) is 0 Å². The molecular formula is C20H25NO3. The molecule has 1 N–H and O–H groups in total. The zero-order valence-electron chi connectivity index (χ0n) is 14.8. The van der Waals surface area contributed by atoms with Gasteiger partial charge in [-0.05, 0) is 55.7 Å². The van der Waals surface area contributed by atoms with Crippen molar-refractivity contribution in [2.45, 2.75) is 25.7 Å². The van der Waals surface area contributed by atoms with Crippen LogP contribution in [0.3, 0.4) is 0 Å². The Kier molecular flexibility index (Phi) is 5.85. The van der Waals surface area contributed by atoms with Gasteiger partial charge in [0.25, 0.3) is 0 Å². The van der Waals surface area contributed by atoms with Crippen LogP contribution in [0, 0.1) is 0 Å². The summed E-state index contributed by atoms with van der Waals surface area (Å²) in [7, 11) is 3.28. The van der Waals surface area contributed by atoms with Crippen LogP contribution in [-0.2, 0) is 16.6 Å². The number of carbonyl (C=O) groups is 1. The lowest BCUT2D eigenvalue weighted by atomic mass is 9.83. The Morgan fingerprint density at radius 1 is 1.00 bits per heavy atom. The van der Waals surface area contributed by atoms with E-state index in [1.54, 1.807) is 14.2 Å². The van der Waals surface area contributed by atoms with Crippen molar-refractivity contribution in [3.63, 3.8) is 0 Å². The zero-order chi connectivity index (χ0) is 17.6. The number of amides is 1. The lowest BCUT2D eigenvalue weighted by Crippen LogP contribution is -2.40. The molecule has 128 valence electrons. The van der Waals surface area contributed by atoms with Gasteiger partial charge in [-0.25, -0.2) is 0 Å². The maximum Gasteiger partial charge on any atom is 0.230 e. The minimum atomic E-state index is -0.597. The zero-order valence-corrected chi connectivity index (χ0v) is 14.8. The first kappa shape index (κ1) is 17.9. The maximum atomic E-state index is 12.6. The van der Waals surface area contributed by atoms with E-state index in [9.17, 15) is 4.79 Å². The van der Waals surface area contributed by atoms with Gasteiger partial charge in [0.05, 0.1) is 19.6 Å². The average molecular weight is 327 g/mol. The van der Waals surface area contributed by atoms with Gasteiger partial charge in [-0.1, -0.05) is 24.3 Å². The van der Waals surface area contributed by atoms with Crippen LogP contribution in [0.15, 0.2) is 48.5 Å². The molecule has 0 aliphatic carbocycles. The largest absolute Gasteiger partial charge is 0.497 e. The molecule has 4 nitrogen and oxygen atoms in total. The first-order valence-electron chi connectivity index (χ1n) is 8.03. The Morgan fingerprint density at radius 2 is 1.67 bits per heavy atom. The smallest absolute Gasteiger partial charge is 0.230 e. The van der Waals surface area contributed by atoms with Crippen LogP contribution >= 0.6 is 0 Å². The highest BCUT2D eigenvalue weighted by Crippen LogP contribution is 2.25. The summed E-state index contributed by atoms with van der Waals surface area (Å²) < 4.78 is 10.4. The highest BCUT2D eigenvalue weighted by molar-refractivity contribution is 5.87. The summed E-state index contributed by atoms with van der Waals surface area (Å²) in [6.07, 6.45) is 0.766. The number of benzene rings is 2. The number of hydrogen-bond acceptors (Lipinski definition) is 3. The normalized spacial score (nSPS) is 11.0. The molecule has 2 aromatic carbocycles. The highest BCUT2D eigenvalue weighted by atomic mass is 16.5. The van der Waals surface area contributed by atoms with Crippen LogP contribution < -0.4 is 14.8 Å². The molecule has 0 radical (unpaired) electrons. The molecule has 0 heterocycles. The van der Waals surface area contributed by atoms with Gasteiger partial charge in [0.1, 0.15) is 11.5 Å². The number of carbonyl (C=O) groups excluding carboxylic acids is 1. The summed E-state index contributed by atoms with van der Waals surface area (Å²) >= 11 is 0. The van der Waals surface area contributed by atoms with Crippen molar-refractivity contribution >= 4 is 5.91 Å². The third-order valence-corrected chi connectivity index (χ3v) is 4.21. The Morgan fingerprint density at radius 3 is 2.29 bits per heavy atom. The van der Waals surface area contributed by atoms with Crippen LogP contribution in [0.4, 0.5) is 0 Å². The molecule has 24 heavy (non-hydrogen) atoms. The highest BCUT2D eigenvalue weighted by Gasteiger charge is 2.29. The second-order valence-corrected chi connectivity index (χ2v) is 6.21. The molecule has 0 saturated carbocycles. The molecule has 0 aliphatic heterocycles. The van der Waals surface area contributed by atoms with Gasteiger partial charge in [-0.3, -0.25) is 4.79 Å². The molecule has 4 heteroatoms. The summed E-state index contributed by atoms with van der Waals surface area (Å²) in [5.41, 5.74) is 1.50. The molecular weight excluding hydrogens is 302 g/mol. The van der Waals surface area contributed by atoms with Crippen molar-refractivity contribution < 1.29 is 14.3 Å². The van der Waals surface area contributed by atoms with E-state index in [-0.39, 0.29) is 5.91 Å². The monoisotopic (exact) mass is 327 g/mol. The number of ether oxygens (including phenoxy) is 2. The van der Waals surface area contributed by atoms with Crippen LogP contribution in [0.1, 0.15) is 25.0 Å². The lowest BCUT2D eigenvalue weighted by Gasteiger charge is -2.24. The van der Waals surface area contributed by atoms with Gasteiger partial charge < -0.3 is 14.8 Å². The molecule has 0 fully saturated rings. The Hall–Kier alpha value is -2.49. The van der Waals surface area contributed by atoms with Gasteiger partial charge >= 0.3 is 0 Å². The summed E-state index contributed by atoms with van der Waals surface area (Å²) in [6.45, 7) is 4.44. The Balaban J connectivity index is 1.94. The van der Waals surface area contributed by atoms with Crippen LogP contribution in [0.5, 0.6) is 11.5 Å². The summed E-state index contributed by atoms with van der Waals surface area (Å²) in [5.74, 6) is 1.63. The van der Waals surface area contributed by atoms with Gasteiger partial charge in [0.15, 0.2) is 0 Å². The van der Waals surface area contributed by atoms with Gasteiger partial charge in [-0.15, -0.1) is 0 Å². The van der Waals surface area contributed by atoms with E-state index in [4.69, 9.17) is 9.47 Å². The summed E-state index contributed by atoms with van der Waals surface area (Å²) in [4.78, 5) is 12.6. The van der Waals surface area contributed by atoms with Crippen molar-refractivity contribution in [2.75, 3.05) is 20.8 Å². The standard InChI is InChI=1S/C20H25NO3/c1-20(2,16-8-10-17(23-3)11-9-16)19(22)21-13-12-15-6-5-7-18(14-15)24-4/h5-11,14H,12-13H2,1-4H3,(H,21,22). The number of hydrogen-bond donors (Lipinski definition) is 1. The van der Waals surface area contributed by atoms with E-state index in [2.05, 4.69) is 5.32 Å². The molecule has 1 amide bonds. The van der Waals surface area contributed by atoms with Crippen molar-refractivity contribution in [3.8, 4) is 11.5 Å². The third kappa shape index (κ3) is 4.28. The Labute approximate surface area is 143 Å². The third-order valence-electron chi connectivity index (χ3n) is 4.21. The SMILES string of the molecule is COc1ccc(C(C)(C)C(=O)NCCc2cccc(OC)c2)cc1. The van der Waals surface area contributed by atoms with Crippen molar-refractivity contribution in [3.05, 3.63) is 59.7 Å². The fourth-order valence-electron chi connectivity index (χ4n) is 2.51. The maximum absolute atomic E-state index is 12.6. The second kappa shape index (κ2) is 7.86. The minimum absolute atomic E-state index is 0.00978. The first-order valence-corrected chi connectivity index (χ1v) is 8.03. The fourth-order valence-corrected chi connectivity index (χ4v) is 2.51. The quantitative estimate of drug-likeness (QED) is 0.848. The van der Waals surface area contributed by atoms with Gasteiger partial charge in [-0.2, -0.15) is 0 Å². The predicted molar refractivity (Wildman–Crippen MR) is 95.7 cm³/mol. The van der Waals surface area contributed by atoms with Crippen LogP contribution in [0.25, 0.3) is 0 Å². The van der Waals surface area contributed by atoms with E-state index in [1.807, 2.05) is 62.4 Å². The predicted octanol–water partition coefficient (Wildman–Crippen LogP) is 3.34. The molecule has 0 aromatic heterocycles. The molecule has 0 atom stereocenters. The van der Waals surface area contributed by atoms with E-state index < -0.39 is 5.41 Å². The second-order valence-electron chi connectivity index (χ2n) is 6.21. The molecule has 0 spiro atoms. The topological polar surface area (TPSA) is 47.6 Å². The fraction of sp³-hybridized carbons (Fsp3) is 0.350. The van der Waals surface area contributed by atoms with E-state index in [0.717, 1.165) is 29.0 Å². The summed E-state index contributed by atoms with van der Waals surface area (Å²) in [6, 6.07) is 15.5. The molecule has 2 aromatic rings. The number of nitrogens with one attached hydrogen (secondary N) is 1. The molecule has 0 bridgehead atoms. The molecule has 0 saturated heterocycles. The Bertz CT molecular complexity index is 678. The van der Waals surface area contributed by atoms with Gasteiger partial charge in [0.2, 0.25) is 5.91 Å². The average Bonchev–Trinajstić information content (AvgIpc) is 2.61. The number of rotatable bonds is 7. The van der Waals surface area contributed by atoms with Gasteiger partial charge in [0, 0.05) is 6.54 Å². The van der Waals surface area contributed by atoms with Crippen molar-refractivity contribution in [1.29, 1.82) is 0 Å². The number of methoxy groups -OCH3 is 2. The first-order chi connectivity index (χ1) is 11.5. The van der Waals surface area contributed by atoms with E-state index >= 15 is 0 Å². The molecule has 0 aliphatic rings. The van der Waals surface area contributed by atoms with Crippen molar-refractivity contribution in [1.82, 2.24) is 5.32 Å². The molecule has 0 unspecified atom stereocenters. The van der Waals surface area contributed by atoms with Crippen LogP contribution in [-0.4, -0.2) is 26.7 Å². The van der Waals surface area contributed by atoms with E-state index in [1.165, 1.54) is 0 Å². The van der Waals surface area contributed by atoms with E-state index in [0.29, 0.717) is 6.54 Å².